The van der Waals surface area contributed by atoms with Gasteiger partial charge < -0.3 is 10.6 Å². The minimum atomic E-state index is 0.518. The van der Waals surface area contributed by atoms with E-state index in [1.54, 1.807) is 6.20 Å². The van der Waals surface area contributed by atoms with Gasteiger partial charge in [-0.1, -0.05) is 46.6 Å². The number of rotatable bonds is 6. The van der Waals surface area contributed by atoms with Gasteiger partial charge in [0, 0.05) is 17.6 Å². The highest BCUT2D eigenvalue weighted by atomic mass is 79.9. The van der Waals surface area contributed by atoms with Gasteiger partial charge in [-0.15, -0.1) is 0 Å². The fourth-order valence-corrected chi connectivity index (χ4v) is 2.02. The van der Waals surface area contributed by atoms with Crippen LogP contribution in [0.5, 0.6) is 0 Å². The summed E-state index contributed by atoms with van der Waals surface area (Å²) in [6.45, 7) is 3.60. The molecule has 1 heterocycles. The summed E-state index contributed by atoms with van der Waals surface area (Å²) in [6.07, 6.45) is 2.63. The monoisotopic (exact) mass is 354 g/mol. The summed E-state index contributed by atoms with van der Waals surface area (Å²) in [7, 11) is 0. The van der Waals surface area contributed by atoms with E-state index >= 15 is 0 Å². The molecule has 2 aromatic rings. The van der Waals surface area contributed by atoms with Gasteiger partial charge in [-0.3, -0.25) is 0 Å². The highest BCUT2D eigenvalue weighted by molar-refractivity contribution is 9.10. The first-order valence-electron chi connectivity index (χ1n) is 6.43. The first kappa shape index (κ1) is 15.1. The molecule has 0 atom stereocenters. The summed E-state index contributed by atoms with van der Waals surface area (Å²) in [5.41, 5.74) is 1.16. The molecule has 0 bridgehead atoms. The van der Waals surface area contributed by atoms with Crippen LogP contribution in [0.1, 0.15) is 18.9 Å². The topological polar surface area (TPSA) is 49.8 Å². The summed E-state index contributed by atoms with van der Waals surface area (Å²) >= 11 is 9.52. The predicted molar refractivity (Wildman–Crippen MR) is 87.3 cm³/mol. The quantitative estimate of drug-likeness (QED) is 0.810. The Hall–Kier alpha value is -1.33. The van der Waals surface area contributed by atoms with Gasteiger partial charge in [0.1, 0.15) is 5.02 Å². The van der Waals surface area contributed by atoms with Crippen LogP contribution in [-0.4, -0.2) is 16.5 Å². The number of benzene rings is 1. The molecule has 0 amide bonds. The van der Waals surface area contributed by atoms with E-state index in [1.165, 1.54) is 0 Å². The average Bonchev–Trinajstić information content (AvgIpc) is 2.46. The fraction of sp³-hybridized carbons (Fsp3) is 0.286. The first-order chi connectivity index (χ1) is 9.69. The zero-order valence-corrected chi connectivity index (χ0v) is 13.5. The lowest BCUT2D eigenvalue weighted by Crippen LogP contribution is -2.08. The Labute approximate surface area is 132 Å². The third-order valence-electron chi connectivity index (χ3n) is 2.65. The normalized spacial score (nSPS) is 10.3. The fourth-order valence-electron chi connectivity index (χ4n) is 1.60. The summed E-state index contributed by atoms with van der Waals surface area (Å²) in [4.78, 5) is 8.51. The van der Waals surface area contributed by atoms with Crippen molar-refractivity contribution >= 4 is 39.3 Å². The lowest BCUT2D eigenvalue weighted by molar-refractivity contribution is 0.950. The van der Waals surface area contributed by atoms with Crippen molar-refractivity contribution in [1.82, 2.24) is 9.97 Å². The maximum absolute atomic E-state index is 6.10. The van der Waals surface area contributed by atoms with Crippen molar-refractivity contribution in [2.24, 2.45) is 0 Å². The zero-order chi connectivity index (χ0) is 14.4. The number of anilines is 2. The summed E-state index contributed by atoms with van der Waals surface area (Å²) in [5.74, 6) is 1.23. The first-order valence-corrected chi connectivity index (χ1v) is 7.61. The molecule has 20 heavy (non-hydrogen) atoms. The zero-order valence-electron chi connectivity index (χ0n) is 11.2. The van der Waals surface area contributed by atoms with E-state index < -0.39 is 0 Å². The maximum atomic E-state index is 6.10. The molecule has 0 aliphatic heterocycles. The second-order valence-corrected chi connectivity index (χ2v) is 5.62. The Bertz CT molecular complexity index is 560. The van der Waals surface area contributed by atoms with Gasteiger partial charge >= 0.3 is 0 Å². The largest absolute Gasteiger partial charge is 0.365 e. The summed E-state index contributed by atoms with van der Waals surface area (Å²) in [6, 6.07) is 8.10. The Morgan fingerprint density at radius 3 is 2.65 bits per heavy atom. The van der Waals surface area contributed by atoms with Crippen LogP contribution >= 0.6 is 27.5 Å². The third kappa shape index (κ3) is 4.35. The van der Waals surface area contributed by atoms with Gasteiger partial charge in [0.25, 0.3) is 0 Å². The molecule has 1 aromatic heterocycles. The molecule has 4 nitrogen and oxygen atoms in total. The number of nitrogens with zero attached hydrogens (tertiary/aromatic N) is 2. The van der Waals surface area contributed by atoms with E-state index in [9.17, 15) is 0 Å². The molecule has 2 N–H and O–H groups in total. The lowest BCUT2D eigenvalue weighted by Gasteiger charge is -2.09. The van der Waals surface area contributed by atoms with Crippen molar-refractivity contribution in [2.75, 3.05) is 17.2 Å². The van der Waals surface area contributed by atoms with Crippen LogP contribution in [-0.2, 0) is 6.54 Å². The molecule has 0 saturated carbocycles. The lowest BCUT2D eigenvalue weighted by atomic mass is 10.2. The Kier molecular flexibility index (Phi) is 5.61. The second-order valence-electron chi connectivity index (χ2n) is 4.30. The number of hydrogen-bond acceptors (Lipinski definition) is 4. The van der Waals surface area contributed by atoms with Crippen LogP contribution in [0.3, 0.4) is 0 Å². The molecule has 6 heteroatoms. The van der Waals surface area contributed by atoms with E-state index in [2.05, 4.69) is 43.5 Å². The molecule has 0 radical (unpaired) electrons. The van der Waals surface area contributed by atoms with Crippen LogP contribution in [0.25, 0.3) is 0 Å². The van der Waals surface area contributed by atoms with Crippen LogP contribution in [0, 0.1) is 0 Å². The van der Waals surface area contributed by atoms with Gasteiger partial charge in [0.05, 0.1) is 6.20 Å². The van der Waals surface area contributed by atoms with Gasteiger partial charge in [-0.05, 0) is 24.1 Å². The molecular weight excluding hydrogens is 340 g/mol. The van der Waals surface area contributed by atoms with Gasteiger partial charge in [0.2, 0.25) is 5.95 Å². The van der Waals surface area contributed by atoms with Crippen molar-refractivity contribution in [3.63, 3.8) is 0 Å². The summed E-state index contributed by atoms with van der Waals surface area (Å²) in [5, 5.41) is 6.89. The Morgan fingerprint density at radius 2 is 1.95 bits per heavy atom. The van der Waals surface area contributed by atoms with E-state index in [1.807, 2.05) is 24.3 Å². The van der Waals surface area contributed by atoms with Crippen LogP contribution in [0.2, 0.25) is 5.02 Å². The minimum Gasteiger partial charge on any atom is -0.365 e. The summed E-state index contributed by atoms with van der Waals surface area (Å²) < 4.78 is 1.06. The van der Waals surface area contributed by atoms with Gasteiger partial charge in [0.15, 0.2) is 5.82 Å². The van der Waals surface area contributed by atoms with Crippen LogP contribution in [0.4, 0.5) is 11.8 Å². The van der Waals surface area contributed by atoms with Gasteiger partial charge in [-0.2, -0.15) is 4.98 Å². The number of aromatic nitrogens is 2. The molecule has 1 aromatic carbocycles. The van der Waals surface area contributed by atoms with Crippen molar-refractivity contribution in [1.29, 1.82) is 0 Å². The molecule has 0 spiro atoms. The molecule has 0 unspecified atom stereocenters. The van der Waals surface area contributed by atoms with Crippen molar-refractivity contribution in [3.8, 4) is 0 Å². The van der Waals surface area contributed by atoms with E-state index in [4.69, 9.17) is 11.6 Å². The number of halogens is 2. The third-order valence-corrected chi connectivity index (χ3v) is 3.46. The Balaban J connectivity index is 2.02. The van der Waals surface area contributed by atoms with Crippen LogP contribution in [0.15, 0.2) is 34.9 Å². The van der Waals surface area contributed by atoms with Crippen LogP contribution < -0.4 is 10.6 Å². The number of nitrogens with one attached hydrogen (secondary N) is 2. The highest BCUT2D eigenvalue weighted by Gasteiger charge is 2.05. The standard InChI is InChI=1S/C14H16BrClN4/c1-2-7-17-14-19-9-12(16)13(20-14)18-8-10-3-5-11(15)6-4-10/h3-6,9H,2,7-8H2,1H3,(H2,17,18,19,20). The van der Waals surface area contributed by atoms with E-state index in [-0.39, 0.29) is 0 Å². The van der Waals surface area contributed by atoms with E-state index in [0.717, 1.165) is 23.0 Å². The smallest absolute Gasteiger partial charge is 0.224 e. The molecule has 0 fully saturated rings. The second kappa shape index (κ2) is 7.45. The molecule has 106 valence electrons. The maximum Gasteiger partial charge on any atom is 0.224 e. The van der Waals surface area contributed by atoms with Crippen molar-refractivity contribution in [3.05, 3.63) is 45.5 Å². The minimum absolute atomic E-state index is 0.518. The number of hydrogen-bond donors (Lipinski definition) is 2. The SMILES string of the molecule is CCCNc1ncc(Cl)c(NCc2ccc(Br)cc2)n1. The van der Waals surface area contributed by atoms with Gasteiger partial charge in [-0.25, -0.2) is 4.98 Å². The predicted octanol–water partition coefficient (Wildman–Crippen LogP) is 4.33. The average molecular weight is 356 g/mol. The van der Waals surface area contributed by atoms with Crippen molar-refractivity contribution in [2.45, 2.75) is 19.9 Å². The molecule has 2 rings (SSSR count). The molecule has 0 aliphatic carbocycles. The van der Waals surface area contributed by atoms with E-state index in [0.29, 0.717) is 23.3 Å². The Morgan fingerprint density at radius 1 is 1.20 bits per heavy atom. The molecule has 0 saturated heterocycles. The molecule has 0 aliphatic rings. The van der Waals surface area contributed by atoms with Crippen molar-refractivity contribution < 1.29 is 0 Å². The molecular formula is C14H16BrClN4. The highest BCUT2D eigenvalue weighted by Crippen LogP contribution is 2.20.